The molecule has 0 bridgehead atoms. The number of hydrogen-bond donors (Lipinski definition) is 1. The number of carbonyl (C=O) groups excluding carboxylic acids is 1. The number of carbonyl (C=O) groups is 2. The lowest BCUT2D eigenvalue weighted by Crippen LogP contribution is -2.24. The van der Waals surface area contributed by atoms with Gasteiger partial charge in [0.05, 0.1) is 13.2 Å². The molecular weight excluding hydrogens is 188 g/mol. The van der Waals surface area contributed by atoms with E-state index < -0.39 is 18.0 Å². The first-order valence-electron chi connectivity index (χ1n) is 4.03. The standard InChI is InChI=1S/C9H14O5/c1-6(8(5-10)14-3)7(13-2)4-9(11)12/h4-6,8H,1-3H3,(H,11,12)/b7-4+. The fourth-order valence-corrected chi connectivity index (χ4v) is 1.04. The first-order chi connectivity index (χ1) is 6.56. The summed E-state index contributed by atoms with van der Waals surface area (Å²) in [6.07, 6.45) is 0.833. The second-order valence-corrected chi connectivity index (χ2v) is 2.71. The lowest BCUT2D eigenvalue weighted by atomic mass is 10.0. The molecule has 1 N–H and O–H groups in total. The van der Waals surface area contributed by atoms with Crippen LogP contribution in [0.4, 0.5) is 0 Å². The summed E-state index contributed by atoms with van der Waals surface area (Å²) in [6.45, 7) is 1.65. The van der Waals surface area contributed by atoms with Crippen LogP contribution in [0.1, 0.15) is 6.92 Å². The zero-order valence-electron chi connectivity index (χ0n) is 8.39. The van der Waals surface area contributed by atoms with Crippen molar-refractivity contribution in [3.05, 3.63) is 11.8 Å². The van der Waals surface area contributed by atoms with Crippen LogP contribution in [0, 0.1) is 5.92 Å². The van der Waals surface area contributed by atoms with Gasteiger partial charge >= 0.3 is 5.97 Å². The summed E-state index contributed by atoms with van der Waals surface area (Å²) in [5.74, 6) is -1.33. The highest BCUT2D eigenvalue weighted by molar-refractivity contribution is 5.80. The van der Waals surface area contributed by atoms with Gasteiger partial charge in [-0.3, -0.25) is 0 Å². The second-order valence-electron chi connectivity index (χ2n) is 2.71. The van der Waals surface area contributed by atoms with E-state index >= 15 is 0 Å². The Bertz CT molecular complexity index is 233. The topological polar surface area (TPSA) is 72.8 Å². The SMILES string of the molecule is CO/C(=C/C(=O)O)C(C)C(C=O)OC. The van der Waals surface area contributed by atoms with Crippen molar-refractivity contribution in [1.29, 1.82) is 0 Å². The molecule has 0 radical (unpaired) electrons. The van der Waals surface area contributed by atoms with Crippen LogP contribution in [-0.4, -0.2) is 37.7 Å². The third-order valence-electron chi connectivity index (χ3n) is 1.85. The van der Waals surface area contributed by atoms with Crippen molar-refractivity contribution in [2.24, 2.45) is 5.92 Å². The smallest absolute Gasteiger partial charge is 0.331 e. The third kappa shape index (κ3) is 3.57. The molecule has 0 heterocycles. The lowest BCUT2D eigenvalue weighted by molar-refractivity contribution is -0.132. The Morgan fingerprint density at radius 1 is 1.43 bits per heavy atom. The number of ether oxygens (including phenoxy) is 2. The zero-order valence-corrected chi connectivity index (χ0v) is 8.39. The molecule has 0 rings (SSSR count). The van der Waals surface area contributed by atoms with Crippen LogP contribution in [-0.2, 0) is 19.1 Å². The molecule has 5 heteroatoms. The van der Waals surface area contributed by atoms with Crippen LogP contribution in [0.25, 0.3) is 0 Å². The summed E-state index contributed by atoms with van der Waals surface area (Å²) >= 11 is 0. The number of aldehydes is 1. The Morgan fingerprint density at radius 3 is 2.29 bits per heavy atom. The highest BCUT2D eigenvalue weighted by Crippen LogP contribution is 2.16. The van der Waals surface area contributed by atoms with Gasteiger partial charge in [0, 0.05) is 13.0 Å². The Kier molecular flexibility index (Phi) is 5.55. The van der Waals surface area contributed by atoms with E-state index in [4.69, 9.17) is 14.6 Å². The van der Waals surface area contributed by atoms with Crippen molar-refractivity contribution in [3.8, 4) is 0 Å². The maximum absolute atomic E-state index is 10.5. The Balaban J connectivity index is 4.67. The molecule has 0 aromatic carbocycles. The van der Waals surface area contributed by atoms with Gasteiger partial charge in [0.2, 0.25) is 0 Å². The van der Waals surface area contributed by atoms with Crippen molar-refractivity contribution >= 4 is 12.3 Å². The fraction of sp³-hybridized carbons (Fsp3) is 0.556. The Morgan fingerprint density at radius 2 is 2.00 bits per heavy atom. The molecule has 0 fully saturated rings. The minimum Gasteiger partial charge on any atom is -0.500 e. The largest absolute Gasteiger partial charge is 0.500 e. The van der Waals surface area contributed by atoms with Gasteiger partial charge in [-0.25, -0.2) is 4.79 Å². The van der Waals surface area contributed by atoms with E-state index in [1.54, 1.807) is 6.92 Å². The normalized spacial score (nSPS) is 15.8. The van der Waals surface area contributed by atoms with Crippen LogP contribution < -0.4 is 0 Å². The van der Waals surface area contributed by atoms with Gasteiger partial charge in [-0.05, 0) is 0 Å². The van der Waals surface area contributed by atoms with E-state index in [9.17, 15) is 9.59 Å². The van der Waals surface area contributed by atoms with Crippen LogP contribution >= 0.6 is 0 Å². The van der Waals surface area contributed by atoms with E-state index in [0.717, 1.165) is 6.08 Å². The van der Waals surface area contributed by atoms with Gasteiger partial charge in [0.25, 0.3) is 0 Å². The van der Waals surface area contributed by atoms with Crippen LogP contribution in [0.5, 0.6) is 0 Å². The molecule has 2 atom stereocenters. The average Bonchev–Trinajstić information content (AvgIpc) is 2.15. The summed E-state index contributed by atoms with van der Waals surface area (Å²) in [4.78, 5) is 20.9. The molecule has 0 spiro atoms. The lowest BCUT2D eigenvalue weighted by Gasteiger charge is -2.18. The van der Waals surface area contributed by atoms with E-state index in [2.05, 4.69) is 0 Å². The predicted molar refractivity (Wildman–Crippen MR) is 48.8 cm³/mol. The minimum absolute atomic E-state index is 0.205. The van der Waals surface area contributed by atoms with Crippen molar-refractivity contribution < 1.29 is 24.2 Å². The summed E-state index contributed by atoms with van der Waals surface area (Å²) < 4.78 is 9.69. The zero-order chi connectivity index (χ0) is 11.1. The van der Waals surface area contributed by atoms with Crippen molar-refractivity contribution in [2.45, 2.75) is 13.0 Å². The van der Waals surface area contributed by atoms with Gasteiger partial charge in [-0.1, -0.05) is 6.92 Å². The number of methoxy groups -OCH3 is 2. The van der Waals surface area contributed by atoms with Gasteiger partial charge in [0.15, 0.2) is 0 Å². The van der Waals surface area contributed by atoms with Crippen LogP contribution in [0.2, 0.25) is 0 Å². The van der Waals surface area contributed by atoms with E-state index in [-0.39, 0.29) is 5.76 Å². The molecule has 0 aromatic heterocycles. The molecule has 2 unspecified atom stereocenters. The Hall–Kier alpha value is -1.36. The third-order valence-corrected chi connectivity index (χ3v) is 1.85. The van der Waals surface area contributed by atoms with Gasteiger partial charge < -0.3 is 19.4 Å². The number of carboxylic acid groups (broad SMARTS) is 1. The first kappa shape index (κ1) is 12.6. The summed E-state index contributed by atoms with van der Waals surface area (Å²) in [7, 11) is 2.73. The molecule has 0 saturated carbocycles. The summed E-state index contributed by atoms with van der Waals surface area (Å²) in [5, 5.41) is 8.51. The number of hydrogen-bond acceptors (Lipinski definition) is 4. The Labute approximate surface area is 82.3 Å². The second kappa shape index (κ2) is 6.15. The summed E-state index contributed by atoms with van der Waals surface area (Å²) in [5.41, 5.74) is 0. The average molecular weight is 202 g/mol. The van der Waals surface area contributed by atoms with E-state index in [1.165, 1.54) is 14.2 Å². The molecule has 0 aliphatic carbocycles. The molecule has 0 amide bonds. The first-order valence-corrected chi connectivity index (χ1v) is 4.03. The monoisotopic (exact) mass is 202 g/mol. The molecule has 0 aliphatic heterocycles. The summed E-state index contributed by atoms with van der Waals surface area (Å²) in [6, 6.07) is 0. The van der Waals surface area contributed by atoms with E-state index in [1.807, 2.05) is 0 Å². The predicted octanol–water partition coefficient (Wildman–Crippen LogP) is 0.451. The molecule has 80 valence electrons. The van der Waals surface area contributed by atoms with Gasteiger partial charge in [0.1, 0.15) is 18.1 Å². The van der Waals surface area contributed by atoms with Crippen molar-refractivity contribution in [2.75, 3.05) is 14.2 Å². The van der Waals surface area contributed by atoms with E-state index in [0.29, 0.717) is 6.29 Å². The molecular formula is C9H14O5. The molecule has 0 aliphatic rings. The number of aliphatic carboxylic acids is 1. The maximum Gasteiger partial charge on any atom is 0.331 e. The quantitative estimate of drug-likeness (QED) is 0.384. The van der Waals surface area contributed by atoms with Gasteiger partial charge in [-0.15, -0.1) is 0 Å². The van der Waals surface area contributed by atoms with Crippen molar-refractivity contribution in [1.82, 2.24) is 0 Å². The van der Waals surface area contributed by atoms with Crippen LogP contribution in [0.15, 0.2) is 11.8 Å². The van der Waals surface area contributed by atoms with Crippen LogP contribution in [0.3, 0.4) is 0 Å². The number of rotatable bonds is 6. The highest BCUT2D eigenvalue weighted by atomic mass is 16.5. The minimum atomic E-state index is -1.12. The highest BCUT2D eigenvalue weighted by Gasteiger charge is 2.21. The fourth-order valence-electron chi connectivity index (χ4n) is 1.04. The molecule has 0 aromatic rings. The molecule has 5 nitrogen and oxygen atoms in total. The van der Waals surface area contributed by atoms with Gasteiger partial charge in [-0.2, -0.15) is 0 Å². The van der Waals surface area contributed by atoms with Crippen molar-refractivity contribution in [3.63, 3.8) is 0 Å². The molecule has 0 saturated heterocycles. The number of carboxylic acids is 1. The molecule has 14 heavy (non-hydrogen) atoms. The maximum atomic E-state index is 10.5.